The van der Waals surface area contributed by atoms with Crippen LogP contribution in [0.15, 0.2) is 73.3 Å². The monoisotopic (exact) mass is 555 g/mol. The number of fused-ring (bicyclic) bond motifs is 1. The Kier molecular flexibility index (Phi) is 7.96. The number of nitrogens with zero attached hydrogens (tertiary/aromatic N) is 9. The molecule has 1 saturated heterocycles. The van der Waals surface area contributed by atoms with Crippen LogP contribution in [0.1, 0.15) is 29.5 Å². The highest BCUT2D eigenvalue weighted by molar-refractivity contribution is 6.07. The molecule has 2 N–H and O–H groups in total. The minimum atomic E-state index is 0.433. The van der Waals surface area contributed by atoms with Crippen molar-refractivity contribution in [3.05, 3.63) is 90.0 Å². The van der Waals surface area contributed by atoms with E-state index in [0.29, 0.717) is 34.9 Å². The molecule has 2 aromatic carbocycles. The van der Waals surface area contributed by atoms with Gasteiger partial charge in [-0.15, -0.1) is 5.10 Å². The summed E-state index contributed by atoms with van der Waals surface area (Å²) >= 11 is 0. The highest BCUT2D eigenvalue weighted by Crippen LogP contribution is 2.22. The van der Waals surface area contributed by atoms with Gasteiger partial charge in [0.1, 0.15) is 0 Å². The molecule has 1 aliphatic rings. The molecule has 42 heavy (non-hydrogen) atoms. The summed E-state index contributed by atoms with van der Waals surface area (Å²) in [6.07, 6.45) is 10.9. The molecule has 11 heteroatoms. The minimum Gasteiger partial charge on any atom is -0.389 e. The SMILES string of the molecule is N#Cc1cccc(-c2cnc3nnn(Cc4cccc(-c5ncc(/C(C=N)=C/NCCN6CCCC6)cn5)c4)c3n2)c1. The third kappa shape index (κ3) is 6.04. The molecule has 0 spiro atoms. The Balaban J connectivity index is 1.16. The van der Waals surface area contributed by atoms with Gasteiger partial charge in [0.15, 0.2) is 11.5 Å². The van der Waals surface area contributed by atoms with Crippen LogP contribution in [0.2, 0.25) is 0 Å². The summed E-state index contributed by atoms with van der Waals surface area (Å²) in [6, 6.07) is 17.4. The van der Waals surface area contributed by atoms with E-state index in [1.807, 2.05) is 42.6 Å². The lowest BCUT2D eigenvalue weighted by molar-refractivity contribution is 0.342. The van der Waals surface area contributed by atoms with Crippen LogP contribution in [0, 0.1) is 16.7 Å². The van der Waals surface area contributed by atoms with Crippen molar-refractivity contribution in [2.45, 2.75) is 19.4 Å². The van der Waals surface area contributed by atoms with Crippen LogP contribution in [0.5, 0.6) is 0 Å². The second kappa shape index (κ2) is 12.4. The van der Waals surface area contributed by atoms with Crippen molar-refractivity contribution in [3.63, 3.8) is 0 Å². The minimum absolute atomic E-state index is 0.433. The molecule has 3 aromatic heterocycles. The lowest BCUT2D eigenvalue weighted by atomic mass is 10.1. The lowest BCUT2D eigenvalue weighted by Gasteiger charge is -2.14. The van der Waals surface area contributed by atoms with Crippen molar-refractivity contribution in [1.82, 2.24) is 45.1 Å². The normalized spacial score (nSPS) is 13.7. The van der Waals surface area contributed by atoms with E-state index < -0.39 is 0 Å². The van der Waals surface area contributed by atoms with Crippen LogP contribution in [-0.4, -0.2) is 72.2 Å². The van der Waals surface area contributed by atoms with Crippen LogP contribution in [0.4, 0.5) is 0 Å². The van der Waals surface area contributed by atoms with Crippen LogP contribution in [0.25, 0.3) is 39.5 Å². The predicted octanol–water partition coefficient (Wildman–Crippen LogP) is 3.94. The molecule has 4 heterocycles. The van der Waals surface area contributed by atoms with Crippen molar-refractivity contribution < 1.29 is 0 Å². The average Bonchev–Trinajstić information content (AvgIpc) is 3.71. The van der Waals surface area contributed by atoms with Crippen molar-refractivity contribution in [2.24, 2.45) is 0 Å². The molecule has 0 atom stereocenters. The number of allylic oxidation sites excluding steroid dienone is 1. The molecule has 6 rings (SSSR count). The Morgan fingerprint density at radius 3 is 2.62 bits per heavy atom. The van der Waals surface area contributed by atoms with Crippen molar-refractivity contribution >= 4 is 23.1 Å². The van der Waals surface area contributed by atoms with Crippen molar-refractivity contribution in [2.75, 3.05) is 26.2 Å². The van der Waals surface area contributed by atoms with Gasteiger partial charge in [0.2, 0.25) is 5.65 Å². The summed E-state index contributed by atoms with van der Waals surface area (Å²) in [6.45, 7) is 4.61. The summed E-state index contributed by atoms with van der Waals surface area (Å²) in [4.78, 5) is 20.8. The average molecular weight is 556 g/mol. The molecule has 1 fully saturated rings. The van der Waals surface area contributed by atoms with E-state index in [9.17, 15) is 5.26 Å². The summed E-state index contributed by atoms with van der Waals surface area (Å²) in [5.41, 5.74) is 6.37. The maximum Gasteiger partial charge on any atom is 0.221 e. The van der Waals surface area contributed by atoms with Crippen molar-refractivity contribution in [3.8, 4) is 28.7 Å². The van der Waals surface area contributed by atoms with E-state index in [2.05, 4.69) is 41.5 Å². The van der Waals surface area contributed by atoms with Gasteiger partial charge in [0.05, 0.1) is 30.1 Å². The first kappa shape index (κ1) is 26.9. The Morgan fingerprint density at radius 1 is 1.00 bits per heavy atom. The van der Waals surface area contributed by atoms with Gasteiger partial charge in [0.25, 0.3) is 0 Å². The van der Waals surface area contributed by atoms with Gasteiger partial charge < -0.3 is 15.6 Å². The van der Waals surface area contributed by atoms with Crippen LogP contribution in [-0.2, 0) is 6.54 Å². The maximum atomic E-state index is 9.25. The Morgan fingerprint density at radius 2 is 1.81 bits per heavy atom. The fraction of sp³-hybridized carbons (Fsp3) is 0.226. The van der Waals surface area contributed by atoms with Gasteiger partial charge >= 0.3 is 0 Å². The van der Waals surface area contributed by atoms with Crippen molar-refractivity contribution in [1.29, 1.82) is 10.7 Å². The number of nitrogens with one attached hydrogen (secondary N) is 2. The van der Waals surface area contributed by atoms with Crippen LogP contribution < -0.4 is 5.32 Å². The number of benzene rings is 2. The summed E-state index contributed by atoms with van der Waals surface area (Å²) in [7, 11) is 0. The molecule has 0 unspecified atom stereocenters. The number of rotatable bonds is 10. The maximum absolute atomic E-state index is 9.25. The molecule has 11 nitrogen and oxygen atoms in total. The molecule has 0 aliphatic carbocycles. The summed E-state index contributed by atoms with van der Waals surface area (Å²) in [5, 5.41) is 28.9. The van der Waals surface area contributed by atoms with Gasteiger partial charge in [-0.05, 0) is 49.7 Å². The van der Waals surface area contributed by atoms with E-state index >= 15 is 0 Å². The first-order valence-corrected chi connectivity index (χ1v) is 13.8. The predicted molar refractivity (Wildman–Crippen MR) is 160 cm³/mol. The standard InChI is InChI=1S/C31H29N11/c32-15-22-5-3-7-24(13-22)28-20-37-30-31(38-28)42(40-39-30)21-23-6-4-8-25(14-23)29-35-18-27(19-36-29)26(16-33)17-34-9-12-41-10-1-2-11-41/h3-8,13-14,16-20,33-34H,1-2,9-12,21H2/b26-17+,33-16?. The largest absolute Gasteiger partial charge is 0.389 e. The number of likely N-dealkylation sites (tertiary alicyclic amines) is 1. The third-order valence-electron chi connectivity index (χ3n) is 7.20. The molecular formula is C31H29N11. The lowest BCUT2D eigenvalue weighted by Crippen LogP contribution is -2.27. The third-order valence-corrected chi connectivity index (χ3v) is 7.20. The second-order valence-corrected chi connectivity index (χ2v) is 10.1. The van der Waals surface area contributed by atoms with E-state index in [1.54, 1.807) is 35.4 Å². The van der Waals surface area contributed by atoms with E-state index in [0.717, 1.165) is 40.9 Å². The van der Waals surface area contributed by atoms with Gasteiger partial charge in [-0.2, -0.15) is 5.26 Å². The number of aromatic nitrogens is 7. The quantitative estimate of drug-likeness (QED) is 0.193. The van der Waals surface area contributed by atoms with E-state index in [4.69, 9.17) is 10.4 Å². The Hall–Kier alpha value is -5.34. The molecule has 0 bridgehead atoms. The zero-order valence-corrected chi connectivity index (χ0v) is 23.0. The topological polar surface area (TPSA) is 145 Å². The van der Waals surface area contributed by atoms with Crippen LogP contribution in [0.3, 0.4) is 0 Å². The summed E-state index contributed by atoms with van der Waals surface area (Å²) < 4.78 is 1.71. The zero-order chi connectivity index (χ0) is 28.7. The fourth-order valence-electron chi connectivity index (χ4n) is 4.98. The van der Waals surface area contributed by atoms with E-state index in [1.165, 1.54) is 32.1 Å². The molecule has 1 aliphatic heterocycles. The first-order chi connectivity index (χ1) is 20.7. The molecule has 5 aromatic rings. The van der Waals surface area contributed by atoms with Gasteiger partial charge in [0, 0.05) is 60.2 Å². The number of hydrogen-bond acceptors (Lipinski definition) is 10. The molecule has 0 radical (unpaired) electrons. The first-order valence-electron chi connectivity index (χ1n) is 13.8. The fourth-order valence-corrected chi connectivity index (χ4v) is 4.98. The van der Waals surface area contributed by atoms with Gasteiger partial charge in [-0.3, -0.25) is 0 Å². The Bertz CT molecular complexity index is 1780. The Labute approximate surface area is 243 Å². The highest BCUT2D eigenvalue weighted by atomic mass is 15.4. The van der Waals surface area contributed by atoms with Crippen LogP contribution >= 0.6 is 0 Å². The smallest absolute Gasteiger partial charge is 0.221 e. The van der Waals surface area contributed by atoms with Gasteiger partial charge in [-0.25, -0.2) is 24.6 Å². The molecule has 0 amide bonds. The highest BCUT2D eigenvalue weighted by Gasteiger charge is 2.13. The molecular weight excluding hydrogens is 526 g/mol. The second-order valence-electron chi connectivity index (χ2n) is 10.1. The van der Waals surface area contributed by atoms with Gasteiger partial charge in [-0.1, -0.05) is 35.5 Å². The molecule has 208 valence electrons. The number of hydrogen-bond donors (Lipinski definition) is 2. The molecule has 0 saturated carbocycles. The number of nitriles is 1. The summed E-state index contributed by atoms with van der Waals surface area (Å²) in [5.74, 6) is 0.592. The van der Waals surface area contributed by atoms with E-state index in [-0.39, 0.29) is 0 Å². The zero-order valence-electron chi connectivity index (χ0n) is 23.0.